The molecule has 0 radical (unpaired) electrons. The number of piperidine rings is 1. The first kappa shape index (κ1) is 15.9. The minimum Gasteiger partial charge on any atom is -0.288 e. The van der Waals surface area contributed by atoms with Crippen LogP contribution in [0.4, 0.5) is 0 Å². The van der Waals surface area contributed by atoms with Crippen molar-refractivity contribution in [2.45, 2.75) is 38.0 Å². The first-order valence-electron chi connectivity index (χ1n) is 7.00. The van der Waals surface area contributed by atoms with Crippen LogP contribution in [0, 0.1) is 13.8 Å². The Morgan fingerprint density at radius 2 is 1.95 bits per heavy atom. The molecule has 110 valence electrons. The number of nitrogens with zero attached hydrogens (tertiary/aromatic N) is 1. The molecule has 0 atom stereocenters. The highest BCUT2D eigenvalue weighted by atomic mass is 79.9. The van der Waals surface area contributed by atoms with Crippen molar-refractivity contribution in [3.63, 3.8) is 0 Å². The second-order valence-corrected chi connectivity index (χ2v) is 7.11. The predicted molar refractivity (Wildman–Crippen MR) is 87.9 cm³/mol. The average Bonchev–Trinajstić information content (AvgIpc) is 2.42. The van der Waals surface area contributed by atoms with Crippen LogP contribution >= 0.6 is 27.7 Å². The molecule has 1 aromatic carbocycles. The van der Waals surface area contributed by atoms with Crippen LogP contribution in [-0.4, -0.2) is 29.8 Å². The molecule has 20 heavy (non-hydrogen) atoms. The van der Waals surface area contributed by atoms with Crippen LogP contribution in [-0.2, 0) is 4.79 Å². The Bertz CT molecular complexity index is 487. The van der Waals surface area contributed by atoms with E-state index in [-0.39, 0.29) is 5.91 Å². The number of hydrogen-bond acceptors (Lipinski definition) is 3. The second-order valence-electron chi connectivity index (χ2n) is 5.24. The third-order valence-corrected chi connectivity index (χ3v) is 5.47. The van der Waals surface area contributed by atoms with Gasteiger partial charge in [-0.05, 0) is 49.9 Å². The number of carbonyl (C=O) groups is 1. The number of hydrazine groups is 1. The Kier molecular flexibility index (Phi) is 5.93. The number of thioether (sulfide) groups is 1. The highest BCUT2D eigenvalue weighted by Gasteiger charge is 2.13. The van der Waals surface area contributed by atoms with Gasteiger partial charge in [-0.15, -0.1) is 11.8 Å². The quantitative estimate of drug-likeness (QED) is 0.835. The normalized spacial score (nSPS) is 16.1. The van der Waals surface area contributed by atoms with E-state index in [9.17, 15) is 4.79 Å². The van der Waals surface area contributed by atoms with Crippen LogP contribution in [0.1, 0.15) is 30.4 Å². The summed E-state index contributed by atoms with van der Waals surface area (Å²) in [4.78, 5) is 13.1. The third-order valence-electron chi connectivity index (χ3n) is 3.45. The molecule has 0 aliphatic carbocycles. The van der Waals surface area contributed by atoms with Crippen LogP contribution in [0.5, 0.6) is 0 Å². The number of aryl methyl sites for hydroxylation is 2. The highest BCUT2D eigenvalue weighted by molar-refractivity contribution is 9.10. The van der Waals surface area contributed by atoms with Crippen molar-refractivity contribution in [3.8, 4) is 0 Å². The summed E-state index contributed by atoms with van der Waals surface area (Å²) in [7, 11) is 0. The number of carbonyl (C=O) groups excluding carboxylic acids is 1. The van der Waals surface area contributed by atoms with E-state index in [1.165, 1.54) is 35.3 Å². The van der Waals surface area contributed by atoms with Gasteiger partial charge >= 0.3 is 0 Å². The summed E-state index contributed by atoms with van der Waals surface area (Å²) in [5, 5.41) is 2.05. The molecule has 1 fully saturated rings. The van der Waals surface area contributed by atoms with E-state index in [1.807, 2.05) is 5.01 Å². The van der Waals surface area contributed by atoms with Crippen LogP contribution in [0.25, 0.3) is 0 Å². The number of halogens is 1. The molecule has 1 aromatic rings. The summed E-state index contributed by atoms with van der Waals surface area (Å²) in [5.74, 6) is 0.565. The lowest BCUT2D eigenvalue weighted by molar-refractivity contribution is -0.123. The van der Waals surface area contributed by atoms with E-state index >= 15 is 0 Å². The zero-order valence-electron chi connectivity index (χ0n) is 12.0. The topological polar surface area (TPSA) is 32.3 Å². The lowest BCUT2D eigenvalue weighted by Gasteiger charge is -2.26. The molecule has 1 amide bonds. The smallest absolute Gasteiger partial charge is 0.244 e. The zero-order chi connectivity index (χ0) is 14.5. The van der Waals surface area contributed by atoms with Gasteiger partial charge in [-0.2, -0.15) is 0 Å². The Labute approximate surface area is 133 Å². The number of benzene rings is 1. The van der Waals surface area contributed by atoms with Gasteiger partial charge in [0.05, 0.1) is 5.75 Å². The van der Waals surface area contributed by atoms with Crippen molar-refractivity contribution < 1.29 is 4.79 Å². The molecule has 1 aliphatic heterocycles. The average molecular weight is 357 g/mol. The molecule has 0 bridgehead atoms. The van der Waals surface area contributed by atoms with Gasteiger partial charge in [0.2, 0.25) is 5.91 Å². The molecule has 0 unspecified atom stereocenters. The molecule has 0 saturated carbocycles. The van der Waals surface area contributed by atoms with E-state index in [2.05, 4.69) is 47.3 Å². The molecular weight excluding hydrogens is 336 g/mol. The van der Waals surface area contributed by atoms with Gasteiger partial charge in [-0.1, -0.05) is 22.4 Å². The van der Waals surface area contributed by atoms with Crippen molar-refractivity contribution in [1.82, 2.24) is 10.4 Å². The maximum Gasteiger partial charge on any atom is 0.244 e. The largest absolute Gasteiger partial charge is 0.288 e. The van der Waals surface area contributed by atoms with Crippen LogP contribution in [0.2, 0.25) is 0 Å². The van der Waals surface area contributed by atoms with Gasteiger partial charge in [-0.3, -0.25) is 10.2 Å². The summed E-state index contributed by atoms with van der Waals surface area (Å²) < 4.78 is 1.12. The van der Waals surface area contributed by atoms with Gasteiger partial charge in [0, 0.05) is 22.5 Å². The number of nitrogens with one attached hydrogen (secondary N) is 1. The molecule has 1 aliphatic rings. The van der Waals surface area contributed by atoms with Gasteiger partial charge in [0.1, 0.15) is 0 Å². The molecule has 1 saturated heterocycles. The van der Waals surface area contributed by atoms with Crippen LogP contribution in [0.15, 0.2) is 21.5 Å². The van der Waals surface area contributed by atoms with Crippen molar-refractivity contribution in [3.05, 3.63) is 27.7 Å². The van der Waals surface area contributed by atoms with Crippen molar-refractivity contribution in [1.29, 1.82) is 0 Å². The lowest BCUT2D eigenvalue weighted by Crippen LogP contribution is -2.45. The SMILES string of the molecule is Cc1cc(SCC(=O)NN2CCCCC2)c(C)cc1Br. The molecule has 1 N–H and O–H groups in total. The Balaban J connectivity index is 1.85. The summed E-state index contributed by atoms with van der Waals surface area (Å²) >= 11 is 5.14. The molecule has 5 heteroatoms. The predicted octanol–water partition coefficient (Wildman–Crippen LogP) is 3.68. The second kappa shape index (κ2) is 7.48. The standard InChI is InChI=1S/C15H21BrN2OS/c1-11-9-14(12(2)8-13(11)16)20-10-15(19)17-18-6-4-3-5-7-18/h8-9H,3-7,10H2,1-2H3,(H,17,19). The third kappa shape index (κ3) is 4.50. The van der Waals surface area contributed by atoms with Crippen molar-refractivity contribution in [2.24, 2.45) is 0 Å². The molecule has 3 nitrogen and oxygen atoms in total. The number of hydrogen-bond donors (Lipinski definition) is 1. The van der Waals surface area contributed by atoms with Crippen molar-refractivity contribution >= 4 is 33.6 Å². The van der Waals surface area contributed by atoms with E-state index in [1.54, 1.807) is 11.8 Å². The zero-order valence-corrected chi connectivity index (χ0v) is 14.4. The number of rotatable bonds is 4. The molecule has 0 aromatic heterocycles. The minimum atomic E-state index is 0.0943. The molecule has 1 heterocycles. The van der Waals surface area contributed by atoms with E-state index in [0.29, 0.717) is 5.75 Å². The number of amides is 1. The molecular formula is C15H21BrN2OS. The first-order valence-corrected chi connectivity index (χ1v) is 8.78. The highest BCUT2D eigenvalue weighted by Crippen LogP contribution is 2.28. The summed E-state index contributed by atoms with van der Waals surface area (Å²) in [6, 6.07) is 4.25. The minimum absolute atomic E-state index is 0.0943. The maximum absolute atomic E-state index is 12.0. The van der Waals surface area contributed by atoms with Crippen molar-refractivity contribution in [2.75, 3.05) is 18.8 Å². The van der Waals surface area contributed by atoms with E-state index < -0.39 is 0 Å². The summed E-state index contributed by atoms with van der Waals surface area (Å²) in [5.41, 5.74) is 5.41. The summed E-state index contributed by atoms with van der Waals surface area (Å²) in [6.45, 7) is 6.11. The fourth-order valence-electron chi connectivity index (χ4n) is 2.27. The van der Waals surface area contributed by atoms with Gasteiger partial charge < -0.3 is 0 Å². The van der Waals surface area contributed by atoms with Crippen LogP contribution in [0.3, 0.4) is 0 Å². The fraction of sp³-hybridized carbons (Fsp3) is 0.533. The Hall–Kier alpha value is -0.520. The molecule has 0 spiro atoms. The molecule has 2 rings (SSSR count). The van der Waals surface area contributed by atoms with Gasteiger partial charge in [0.15, 0.2) is 0 Å². The van der Waals surface area contributed by atoms with E-state index in [4.69, 9.17) is 0 Å². The summed E-state index contributed by atoms with van der Waals surface area (Å²) in [6.07, 6.45) is 3.63. The maximum atomic E-state index is 12.0. The first-order chi connectivity index (χ1) is 9.56. The fourth-order valence-corrected chi connectivity index (χ4v) is 3.62. The Morgan fingerprint density at radius 3 is 2.65 bits per heavy atom. The van der Waals surface area contributed by atoms with Gasteiger partial charge in [-0.25, -0.2) is 5.01 Å². The monoisotopic (exact) mass is 356 g/mol. The Morgan fingerprint density at radius 1 is 1.25 bits per heavy atom. The van der Waals surface area contributed by atoms with E-state index in [0.717, 1.165) is 17.6 Å². The van der Waals surface area contributed by atoms with Crippen LogP contribution < -0.4 is 5.43 Å². The lowest BCUT2D eigenvalue weighted by atomic mass is 10.2. The van der Waals surface area contributed by atoms with Gasteiger partial charge in [0.25, 0.3) is 0 Å².